The van der Waals surface area contributed by atoms with Crippen LogP contribution in [0.2, 0.25) is 0 Å². The van der Waals surface area contributed by atoms with Crippen molar-refractivity contribution < 1.29 is 9.47 Å². The number of aromatic nitrogens is 3. The lowest BCUT2D eigenvalue weighted by atomic mass is 10.1. The van der Waals surface area contributed by atoms with Crippen molar-refractivity contribution in [1.29, 1.82) is 5.26 Å². The number of morpholine rings is 1. The van der Waals surface area contributed by atoms with E-state index in [9.17, 15) is 5.26 Å². The summed E-state index contributed by atoms with van der Waals surface area (Å²) in [5, 5.41) is 12.9. The molecule has 1 aliphatic rings. The molecule has 1 saturated heterocycles. The smallest absolute Gasteiger partial charge is 0.227 e. The molecule has 8 heteroatoms. The number of ether oxygens (including phenoxy) is 2. The van der Waals surface area contributed by atoms with Crippen LogP contribution in [0.15, 0.2) is 79.3 Å². The predicted molar refractivity (Wildman–Crippen MR) is 134 cm³/mol. The quantitative estimate of drug-likeness (QED) is 0.425. The summed E-state index contributed by atoms with van der Waals surface area (Å²) in [4.78, 5) is 15.4. The van der Waals surface area contributed by atoms with Crippen molar-refractivity contribution in [2.24, 2.45) is 0 Å². The standard InChI is InChI=1S/C27H24N6O2/c28-17-22-16-21(3-8-26(22)35-19-20-2-1-10-29-18-20)25-9-11-30-27(32-25)31-23-4-6-24(7-5-23)33-12-14-34-15-13-33/h1-11,16,18H,12-15,19H2,(H,30,31,32). The molecule has 35 heavy (non-hydrogen) atoms. The third-order valence-electron chi connectivity index (χ3n) is 5.67. The van der Waals surface area contributed by atoms with Gasteiger partial charge in [0.2, 0.25) is 5.95 Å². The van der Waals surface area contributed by atoms with E-state index >= 15 is 0 Å². The first-order valence-electron chi connectivity index (χ1n) is 11.4. The second-order valence-corrected chi connectivity index (χ2v) is 8.01. The largest absolute Gasteiger partial charge is 0.487 e. The van der Waals surface area contributed by atoms with Gasteiger partial charge in [-0.1, -0.05) is 6.07 Å². The number of hydrogen-bond acceptors (Lipinski definition) is 8. The summed E-state index contributed by atoms with van der Waals surface area (Å²) in [6, 6.07) is 21.5. The van der Waals surface area contributed by atoms with Crippen molar-refractivity contribution in [3.8, 4) is 23.1 Å². The Kier molecular flexibility index (Phi) is 6.78. The molecule has 0 radical (unpaired) electrons. The summed E-state index contributed by atoms with van der Waals surface area (Å²) in [6.07, 6.45) is 5.15. The van der Waals surface area contributed by atoms with E-state index in [4.69, 9.17) is 9.47 Å². The van der Waals surface area contributed by atoms with Crippen molar-refractivity contribution in [1.82, 2.24) is 15.0 Å². The maximum atomic E-state index is 9.66. The molecule has 5 rings (SSSR count). The Bertz CT molecular complexity index is 1320. The van der Waals surface area contributed by atoms with Gasteiger partial charge in [-0.25, -0.2) is 9.97 Å². The Hall–Kier alpha value is -4.48. The minimum atomic E-state index is 0.341. The molecule has 174 valence electrons. The van der Waals surface area contributed by atoms with E-state index < -0.39 is 0 Å². The SMILES string of the molecule is N#Cc1cc(-c2ccnc(Nc3ccc(N4CCOCC4)cc3)n2)ccc1OCc1cccnc1. The summed E-state index contributed by atoms with van der Waals surface area (Å²) in [5.41, 5.74) is 4.97. The van der Waals surface area contributed by atoms with Gasteiger partial charge in [0, 0.05) is 54.2 Å². The number of pyridine rings is 1. The Morgan fingerprint density at radius 1 is 1.03 bits per heavy atom. The molecule has 1 fully saturated rings. The van der Waals surface area contributed by atoms with Crippen LogP contribution in [-0.2, 0) is 11.3 Å². The van der Waals surface area contributed by atoms with Gasteiger partial charge in [0.25, 0.3) is 0 Å². The van der Waals surface area contributed by atoms with E-state index in [0.717, 1.165) is 43.1 Å². The van der Waals surface area contributed by atoms with Gasteiger partial charge in [0.05, 0.1) is 24.5 Å². The highest BCUT2D eigenvalue weighted by Gasteiger charge is 2.12. The first kappa shape index (κ1) is 22.3. The fourth-order valence-electron chi connectivity index (χ4n) is 3.83. The minimum Gasteiger partial charge on any atom is -0.487 e. The van der Waals surface area contributed by atoms with Crippen LogP contribution in [0.5, 0.6) is 5.75 Å². The van der Waals surface area contributed by atoms with Crippen molar-refractivity contribution in [3.05, 3.63) is 90.4 Å². The molecule has 0 atom stereocenters. The second kappa shape index (κ2) is 10.6. The van der Waals surface area contributed by atoms with Gasteiger partial charge in [-0.3, -0.25) is 4.98 Å². The van der Waals surface area contributed by atoms with E-state index in [1.165, 1.54) is 5.69 Å². The summed E-state index contributed by atoms with van der Waals surface area (Å²) in [5.74, 6) is 1.00. The molecule has 2 aromatic carbocycles. The molecule has 3 heterocycles. The molecule has 0 unspecified atom stereocenters. The van der Waals surface area contributed by atoms with Crippen LogP contribution in [0, 0.1) is 11.3 Å². The number of nitrogens with one attached hydrogen (secondary N) is 1. The highest BCUT2D eigenvalue weighted by Crippen LogP contribution is 2.27. The van der Waals surface area contributed by atoms with Crippen molar-refractivity contribution in [2.45, 2.75) is 6.61 Å². The Morgan fingerprint density at radius 2 is 1.89 bits per heavy atom. The first-order chi connectivity index (χ1) is 17.3. The first-order valence-corrected chi connectivity index (χ1v) is 11.4. The molecule has 4 aromatic rings. The Morgan fingerprint density at radius 3 is 2.66 bits per heavy atom. The predicted octanol–water partition coefficient (Wildman–Crippen LogP) is 4.57. The average molecular weight is 465 g/mol. The molecule has 0 spiro atoms. The number of benzene rings is 2. The Labute approximate surface area is 203 Å². The maximum absolute atomic E-state index is 9.66. The van der Waals surface area contributed by atoms with Crippen LogP contribution in [0.3, 0.4) is 0 Å². The summed E-state index contributed by atoms with van der Waals surface area (Å²) in [7, 11) is 0. The van der Waals surface area contributed by atoms with E-state index in [0.29, 0.717) is 29.6 Å². The van der Waals surface area contributed by atoms with Crippen molar-refractivity contribution in [3.63, 3.8) is 0 Å². The van der Waals surface area contributed by atoms with Gasteiger partial charge in [0.15, 0.2) is 0 Å². The average Bonchev–Trinajstić information content (AvgIpc) is 2.93. The fourth-order valence-corrected chi connectivity index (χ4v) is 3.83. The molecule has 0 aliphatic carbocycles. The number of nitriles is 1. The number of rotatable bonds is 7. The third kappa shape index (κ3) is 5.54. The molecular weight excluding hydrogens is 440 g/mol. The molecule has 2 aromatic heterocycles. The highest BCUT2D eigenvalue weighted by atomic mass is 16.5. The number of nitrogens with zero attached hydrogens (tertiary/aromatic N) is 5. The van der Waals surface area contributed by atoms with Crippen LogP contribution in [0.25, 0.3) is 11.3 Å². The van der Waals surface area contributed by atoms with Gasteiger partial charge in [-0.2, -0.15) is 5.26 Å². The topological polar surface area (TPSA) is 96.2 Å². The molecule has 1 aliphatic heterocycles. The highest BCUT2D eigenvalue weighted by molar-refractivity contribution is 5.66. The maximum Gasteiger partial charge on any atom is 0.227 e. The third-order valence-corrected chi connectivity index (χ3v) is 5.67. The van der Waals surface area contributed by atoms with E-state index in [1.54, 1.807) is 30.7 Å². The summed E-state index contributed by atoms with van der Waals surface area (Å²) in [6.45, 7) is 3.65. The van der Waals surface area contributed by atoms with Crippen LogP contribution in [0.4, 0.5) is 17.3 Å². The van der Waals surface area contributed by atoms with Crippen LogP contribution < -0.4 is 15.0 Å². The van der Waals surface area contributed by atoms with E-state index in [1.807, 2.05) is 36.4 Å². The summed E-state index contributed by atoms with van der Waals surface area (Å²) >= 11 is 0. The van der Waals surface area contributed by atoms with Crippen LogP contribution in [-0.4, -0.2) is 41.3 Å². The monoisotopic (exact) mass is 464 g/mol. The Balaban J connectivity index is 1.28. The zero-order valence-corrected chi connectivity index (χ0v) is 19.1. The van der Waals surface area contributed by atoms with E-state index in [2.05, 4.69) is 43.4 Å². The number of hydrogen-bond donors (Lipinski definition) is 1. The number of anilines is 3. The summed E-state index contributed by atoms with van der Waals surface area (Å²) < 4.78 is 11.3. The van der Waals surface area contributed by atoms with Crippen LogP contribution >= 0.6 is 0 Å². The lowest BCUT2D eigenvalue weighted by Gasteiger charge is -2.28. The van der Waals surface area contributed by atoms with Gasteiger partial charge < -0.3 is 19.7 Å². The molecule has 0 amide bonds. The lowest BCUT2D eigenvalue weighted by molar-refractivity contribution is 0.122. The van der Waals surface area contributed by atoms with Gasteiger partial charge in [0.1, 0.15) is 18.4 Å². The molecule has 0 saturated carbocycles. The minimum absolute atomic E-state index is 0.341. The van der Waals surface area contributed by atoms with Crippen molar-refractivity contribution in [2.75, 3.05) is 36.5 Å². The molecule has 0 bridgehead atoms. The lowest BCUT2D eigenvalue weighted by Crippen LogP contribution is -2.36. The van der Waals surface area contributed by atoms with Crippen LogP contribution in [0.1, 0.15) is 11.1 Å². The van der Waals surface area contributed by atoms with Gasteiger partial charge in [-0.15, -0.1) is 0 Å². The zero-order valence-electron chi connectivity index (χ0n) is 19.1. The molecule has 1 N–H and O–H groups in total. The second-order valence-electron chi connectivity index (χ2n) is 8.01. The molecular formula is C27H24N6O2. The van der Waals surface area contributed by atoms with Gasteiger partial charge in [-0.05, 0) is 54.6 Å². The van der Waals surface area contributed by atoms with Gasteiger partial charge >= 0.3 is 0 Å². The fraction of sp³-hybridized carbons (Fsp3) is 0.185. The van der Waals surface area contributed by atoms with Crippen molar-refractivity contribution >= 4 is 17.3 Å². The zero-order chi connectivity index (χ0) is 23.9. The molecule has 8 nitrogen and oxygen atoms in total. The normalized spacial score (nSPS) is 13.2. The van der Waals surface area contributed by atoms with E-state index in [-0.39, 0.29) is 0 Å².